The largest absolute Gasteiger partial charge is 0.339 e. The lowest BCUT2D eigenvalue weighted by Crippen LogP contribution is -2.26. The fraction of sp³-hybridized carbons (Fsp3) is 0.0476. The molecule has 3 aromatic carbocycles. The number of para-hydroxylation sites is 1. The summed E-state index contributed by atoms with van der Waals surface area (Å²) in [5, 5.41) is 7.10. The number of hydrogen-bond acceptors (Lipinski definition) is 2. The van der Waals surface area contributed by atoms with Crippen LogP contribution in [0.3, 0.4) is 0 Å². The van der Waals surface area contributed by atoms with Gasteiger partial charge in [-0.2, -0.15) is 5.10 Å². The number of amides is 2. The molecule has 0 spiro atoms. The Morgan fingerprint density at radius 2 is 1.32 bits per heavy atom. The molecular formula is C21H19N3O. The van der Waals surface area contributed by atoms with Gasteiger partial charge in [0.15, 0.2) is 0 Å². The van der Waals surface area contributed by atoms with E-state index in [-0.39, 0.29) is 6.03 Å². The van der Waals surface area contributed by atoms with Crippen LogP contribution in [0, 0.1) is 0 Å². The van der Waals surface area contributed by atoms with Gasteiger partial charge in [0.05, 0.1) is 5.71 Å². The SMILES string of the molecule is O=C(N/N=C(/Cc1ccccc1)c1ccccc1)Nc1ccccc1. The van der Waals surface area contributed by atoms with Crippen molar-refractivity contribution in [2.75, 3.05) is 5.32 Å². The van der Waals surface area contributed by atoms with Gasteiger partial charge in [0.2, 0.25) is 0 Å². The average Bonchev–Trinajstić information content (AvgIpc) is 2.67. The molecule has 3 rings (SSSR count). The van der Waals surface area contributed by atoms with Gasteiger partial charge in [-0.1, -0.05) is 78.9 Å². The van der Waals surface area contributed by atoms with Crippen LogP contribution >= 0.6 is 0 Å². The number of nitrogens with one attached hydrogen (secondary N) is 2. The van der Waals surface area contributed by atoms with Crippen molar-refractivity contribution in [3.8, 4) is 0 Å². The Hall–Kier alpha value is -3.40. The van der Waals surface area contributed by atoms with Crippen molar-refractivity contribution in [3.63, 3.8) is 0 Å². The molecule has 0 aliphatic heterocycles. The van der Waals surface area contributed by atoms with Crippen molar-refractivity contribution in [1.82, 2.24) is 5.43 Å². The first-order chi connectivity index (χ1) is 12.3. The summed E-state index contributed by atoms with van der Waals surface area (Å²) in [6, 6.07) is 28.8. The van der Waals surface area contributed by atoms with E-state index in [1.807, 2.05) is 91.0 Å². The molecule has 0 unspecified atom stereocenters. The van der Waals surface area contributed by atoms with Gasteiger partial charge < -0.3 is 5.32 Å². The van der Waals surface area contributed by atoms with Crippen molar-refractivity contribution < 1.29 is 4.79 Å². The molecule has 2 N–H and O–H groups in total. The summed E-state index contributed by atoms with van der Waals surface area (Å²) in [7, 11) is 0. The fourth-order valence-electron chi connectivity index (χ4n) is 2.42. The molecule has 4 nitrogen and oxygen atoms in total. The standard InChI is InChI=1S/C21H19N3O/c25-21(22-19-14-8-3-9-15-19)24-23-20(18-12-6-2-7-13-18)16-17-10-4-1-5-11-17/h1-15H,16H2,(H2,22,24,25)/b23-20-. The van der Waals surface area contributed by atoms with Crippen LogP contribution in [0.5, 0.6) is 0 Å². The van der Waals surface area contributed by atoms with Crippen molar-refractivity contribution in [2.24, 2.45) is 5.10 Å². The van der Waals surface area contributed by atoms with Gasteiger partial charge in [0, 0.05) is 12.1 Å². The first-order valence-corrected chi connectivity index (χ1v) is 8.09. The number of benzene rings is 3. The Morgan fingerprint density at radius 3 is 1.96 bits per heavy atom. The summed E-state index contributed by atoms with van der Waals surface area (Å²) in [5.41, 5.74) is 6.22. The fourth-order valence-corrected chi connectivity index (χ4v) is 2.42. The predicted molar refractivity (Wildman–Crippen MR) is 102 cm³/mol. The topological polar surface area (TPSA) is 53.5 Å². The van der Waals surface area contributed by atoms with E-state index in [1.165, 1.54) is 0 Å². The molecule has 25 heavy (non-hydrogen) atoms. The first-order valence-electron chi connectivity index (χ1n) is 8.09. The number of anilines is 1. The third kappa shape index (κ3) is 5.04. The van der Waals surface area contributed by atoms with E-state index in [2.05, 4.69) is 15.8 Å². The summed E-state index contributed by atoms with van der Waals surface area (Å²) in [6.07, 6.45) is 0.635. The third-order valence-corrected chi connectivity index (χ3v) is 3.65. The number of carbonyl (C=O) groups excluding carboxylic acids is 1. The molecule has 0 radical (unpaired) electrons. The maximum atomic E-state index is 12.1. The average molecular weight is 329 g/mol. The molecule has 0 aliphatic carbocycles. The minimum absolute atomic E-state index is 0.368. The van der Waals surface area contributed by atoms with Gasteiger partial charge in [-0.05, 0) is 23.3 Å². The third-order valence-electron chi connectivity index (χ3n) is 3.65. The Labute approximate surface area is 147 Å². The number of carbonyl (C=O) groups is 1. The predicted octanol–water partition coefficient (Wildman–Crippen LogP) is 4.46. The Morgan fingerprint density at radius 1 is 0.760 bits per heavy atom. The lowest BCUT2D eigenvalue weighted by molar-refractivity contribution is 0.252. The van der Waals surface area contributed by atoms with Gasteiger partial charge in [-0.3, -0.25) is 0 Å². The monoisotopic (exact) mass is 329 g/mol. The minimum atomic E-state index is -0.368. The van der Waals surface area contributed by atoms with Gasteiger partial charge in [-0.25, -0.2) is 10.2 Å². The molecule has 0 saturated heterocycles. The van der Waals surface area contributed by atoms with E-state index in [0.29, 0.717) is 6.42 Å². The molecular weight excluding hydrogens is 310 g/mol. The number of urea groups is 1. The second-order valence-corrected chi connectivity index (χ2v) is 5.52. The van der Waals surface area contributed by atoms with Gasteiger partial charge in [0.1, 0.15) is 0 Å². The molecule has 0 aromatic heterocycles. The lowest BCUT2D eigenvalue weighted by atomic mass is 10.0. The quantitative estimate of drug-likeness (QED) is 0.527. The van der Waals surface area contributed by atoms with Crippen molar-refractivity contribution in [3.05, 3.63) is 102 Å². The van der Waals surface area contributed by atoms with E-state index >= 15 is 0 Å². The summed E-state index contributed by atoms with van der Waals surface area (Å²) in [5.74, 6) is 0. The van der Waals surface area contributed by atoms with Crippen LogP contribution in [0.2, 0.25) is 0 Å². The van der Waals surface area contributed by atoms with Gasteiger partial charge in [0.25, 0.3) is 0 Å². The second-order valence-electron chi connectivity index (χ2n) is 5.52. The molecule has 124 valence electrons. The molecule has 0 atom stereocenters. The van der Waals surface area contributed by atoms with Crippen molar-refractivity contribution in [2.45, 2.75) is 6.42 Å². The van der Waals surface area contributed by atoms with Crippen molar-refractivity contribution >= 4 is 17.4 Å². The maximum absolute atomic E-state index is 12.1. The smallest absolute Gasteiger partial charge is 0.307 e. The molecule has 2 amide bonds. The zero-order valence-corrected chi connectivity index (χ0v) is 13.7. The second kappa shape index (κ2) is 8.45. The molecule has 4 heteroatoms. The van der Waals surface area contributed by atoms with Crippen LogP contribution < -0.4 is 10.7 Å². The summed E-state index contributed by atoms with van der Waals surface area (Å²) in [6.45, 7) is 0. The van der Waals surface area contributed by atoms with Crippen LogP contribution in [0.15, 0.2) is 96.1 Å². The molecule has 0 bridgehead atoms. The lowest BCUT2D eigenvalue weighted by Gasteiger charge is -2.09. The summed E-state index contributed by atoms with van der Waals surface area (Å²) in [4.78, 5) is 12.1. The molecule has 0 heterocycles. The van der Waals surface area contributed by atoms with Gasteiger partial charge >= 0.3 is 6.03 Å². The van der Waals surface area contributed by atoms with Crippen LogP contribution in [0.25, 0.3) is 0 Å². The molecule has 0 aliphatic rings. The Bertz CT molecular complexity index is 831. The van der Waals surface area contributed by atoms with E-state index in [4.69, 9.17) is 0 Å². The van der Waals surface area contributed by atoms with Crippen LogP contribution in [-0.2, 0) is 6.42 Å². The normalized spacial score (nSPS) is 11.0. The number of hydrogen-bond donors (Lipinski definition) is 2. The Kier molecular flexibility index (Phi) is 5.56. The minimum Gasteiger partial charge on any atom is -0.307 e. The first kappa shape index (κ1) is 16.5. The highest BCUT2D eigenvalue weighted by Gasteiger charge is 2.07. The van der Waals surface area contributed by atoms with E-state index in [9.17, 15) is 4.79 Å². The van der Waals surface area contributed by atoms with Crippen LogP contribution in [-0.4, -0.2) is 11.7 Å². The molecule has 0 saturated carbocycles. The maximum Gasteiger partial charge on any atom is 0.339 e. The van der Waals surface area contributed by atoms with E-state index in [0.717, 1.165) is 22.5 Å². The van der Waals surface area contributed by atoms with E-state index < -0.39 is 0 Å². The zero-order chi connectivity index (χ0) is 17.3. The molecule has 3 aromatic rings. The van der Waals surface area contributed by atoms with Crippen LogP contribution in [0.1, 0.15) is 11.1 Å². The Balaban J connectivity index is 1.74. The highest BCUT2D eigenvalue weighted by molar-refractivity contribution is 6.02. The number of hydrazone groups is 1. The van der Waals surface area contributed by atoms with Crippen LogP contribution in [0.4, 0.5) is 10.5 Å². The van der Waals surface area contributed by atoms with Gasteiger partial charge in [-0.15, -0.1) is 0 Å². The van der Waals surface area contributed by atoms with Crippen molar-refractivity contribution in [1.29, 1.82) is 0 Å². The zero-order valence-electron chi connectivity index (χ0n) is 13.7. The molecule has 0 fully saturated rings. The highest BCUT2D eigenvalue weighted by atomic mass is 16.2. The van der Waals surface area contributed by atoms with E-state index in [1.54, 1.807) is 0 Å². The summed E-state index contributed by atoms with van der Waals surface area (Å²) < 4.78 is 0. The number of rotatable bonds is 5. The summed E-state index contributed by atoms with van der Waals surface area (Å²) >= 11 is 0. The highest BCUT2D eigenvalue weighted by Crippen LogP contribution is 2.09. The number of nitrogens with zero attached hydrogens (tertiary/aromatic N) is 1.